The Morgan fingerprint density at radius 2 is 1.67 bits per heavy atom. The van der Waals surface area contributed by atoms with Gasteiger partial charge >= 0.3 is 0 Å². The zero-order chi connectivity index (χ0) is 13.5. The molecular formula is C15H16O3. The van der Waals surface area contributed by atoms with Crippen LogP contribution in [-0.2, 0) is 0 Å². The molecule has 2 aromatic rings. The molecule has 2 rings (SSSR count). The van der Waals surface area contributed by atoms with Gasteiger partial charge in [0.25, 0.3) is 0 Å². The second-order valence-electron chi connectivity index (χ2n) is 3.95. The molecule has 0 saturated heterocycles. The van der Waals surface area contributed by atoms with Gasteiger partial charge in [0.2, 0.25) is 0 Å². The van der Waals surface area contributed by atoms with Gasteiger partial charge in [-0.3, -0.25) is 4.79 Å². The van der Waals surface area contributed by atoms with Crippen molar-refractivity contribution in [2.24, 2.45) is 0 Å². The van der Waals surface area contributed by atoms with Crippen LogP contribution in [0.15, 0.2) is 42.5 Å². The summed E-state index contributed by atoms with van der Waals surface area (Å²) in [5.74, 6) is 0.509. The molecule has 3 nitrogen and oxygen atoms in total. The van der Waals surface area contributed by atoms with E-state index in [0.717, 1.165) is 11.8 Å². The molecule has 18 heavy (non-hydrogen) atoms. The van der Waals surface area contributed by atoms with Gasteiger partial charge in [-0.25, -0.2) is 0 Å². The summed E-state index contributed by atoms with van der Waals surface area (Å²) in [6.07, 6.45) is 0.731. The van der Waals surface area contributed by atoms with Gasteiger partial charge in [0, 0.05) is 11.1 Å². The largest absolute Gasteiger partial charge is 0.508 e. The van der Waals surface area contributed by atoms with Gasteiger partial charge in [0.05, 0.1) is 0 Å². The van der Waals surface area contributed by atoms with Crippen molar-refractivity contribution < 1.29 is 15.0 Å². The van der Waals surface area contributed by atoms with E-state index < -0.39 is 0 Å². The molecule has 0 heterocycles. The highest BCUT2D eigenvalue weighted by atomic mass is 16.3. The van der Waals surface area contributed by atoms with E-state index >= 15 is 0 Å². The SMILES string of the molecule is Cc1c(O)cccc1C=O.Cc1cccc(O)c1. The van der Waals surface area contributed by atoms with Crippen LogP contribution in [0.3, 0.4) is 0 Å². The minimum atomic E-state index is 0.171. The summed E-state index contributed by atoms with van der Waals surface area (Å²) in [4.78, 5) is 10.3. The molecule has 0 aromatic heterocycles. The van der Waals surface area contributed by atoms with Crippen molar-refractivity contribution in [1.29, 1.82) is 0 Å². The van der Waals surface area contributed by atoms with Crippen LogP contribution in [0.25, 0.3) is 0 Å². The number of aldehydes is 1. The second-order valence-corrected chi connectivity index (χ2v) is 3.95. The van der Waals surface area contributed by atoms with Gasteiger partial charge in [-0.2, -0.15) is 0 Å². The van der Waals surface area contributed by atoms with Gasteiger partial charge in [0.1, 0.15) is 17.8 Å². The van der Waals surface area contributed by atoms with Gasteiger partial charge in [-0.1, -0.05) is 24.3 Å². The number of benzene rings is 2. The number of carbonyl (C=O) groups is 1. The maximum atomic E-state index is 10.3. The van der Waals surface area contributed by atoms with E-state index in [-0.39, 0.29) is 5.75 Å². The monoisotopic (exact) mass is 244 g/mol. The number of rotatable bonds is 1. The molecule has 94 valence electrons. The van der Waals surface area contributed by atoms with E-state index in [4.69, 9.17) is 10.2 Å². The van der Waals surface area contributed by atoms with E-state index in [1.54, 1.807) is 37.3 Å². The third kappa shape index (κ3) is 3.94. The van der Waals surface area contributed by atoms with Crippen molar-refractivity contribution in [3.63, 3.8) is 0 Å². The van der Waals surface area contributed by atoms with Crippen LogP contribution in [0.5, 0.6) is 11.5 Å². The highest BCUT2D eigenvalue weighted by molar-refractivity contribution is 5.78. The normalized spacial score (nSPS) is 9.22. The molecule has 0 unspecified atom stereocenters. The highest BCUT2D eigenvalue weighted by Gasteiger charge is 1.98. The van der Waals surface area contributed by atoms with Crippen LogP contribution in [0.2, 0.25) is 0 Å². The van der Waals surface area contributed by atoms with Gasteiger partial charge in [0.15, 0.2) is 0 Å². The lowest BCUT2D eigenvalue weighted by Gasteiger charge is -1.98. The molecule has 0 aliphatic rings. The fourth-order valence-corrected chi connectivity index (χ4v) is 1.40. The first-order chi connectivity index (χ1) is 8.54. The zero-order valence-electron chi connectivity index (χ0n) is 10.4. The predicted molar refractivity (Wildman–Crippen MR) is 71.1 cm³/mol. The lowest BCUT2D eigenvalue weighted by molar-refractivity contribution is 0.112. The van der Waals surface area contributed by atoms with Crippen molar-refractivity contribution >= 4 is 6.29 Å². The first-order valence-corrected chi connectivity index (χ1v) is 5.54. The zero-order valence-corrected chi connectivity index (χ0v) is 10.4. The van der Waals surface area contributed by atoms with E-state index in [2.05, 4.69) is 0 Å². The van der Waals surface area contributed by atoms with Gasteiger partial charge in [-0.15, -0.1) is 0 Å². The summed E-state index contributed by atoms with van der Waals surface area (Å²) in [5, 5.41) is 17.9. The Morgan fingerprint density at radius 3 is 2.11 bits per heavy atom. The lowest BCUT2D eigenvalue weighted by Crippen LogP contribution is -1.84. The molecule has 0 bridgehead atoms. The molecule has 2 aromatic carbocycles. The Balaban J connectivity index is 0.000000184. The van der Waals surface area contributed by atoms with Crippen LogP contribution < -0.4 is 0 Å². The molecule has 0 spiro atoms. The molecule has 0 atom stereocenters. The minimum absolute atomic E-state index is 0.171. The molecule has 0 saturated carbocycles. The fourth-order valence-electron chi connectivity index (χ4n) is 1.40. The number of hydrogen-bond donors (Lipinski definition) is 2. The van der Waals surface area contributed by atoms with Crippen LogP contribution in [0.4, 0.5) is 0 Å². The van der Waals surface area contributed by atoms with Crippen molar-refractivity contribution in [2.75, 3.05) is 0 Å². The van der Waals surface area contributed by atoms with Crippen LogP contribution in [-0.4, -0.2) is 16.5 Å². The number of phenolic OH excluding ortho intramolecular Hbond substituents is 2. The Labute approximate surface area is 106 Å². The summed E-state index contributed by atoms with van der Waals surface area (Å²) < 4.78 is 0. The summed E-state index contributed by atoms with van der Waals surface area (Å²) >= 11 is 0. The van der Waals surface area contributed by atoms with E-state index in [9.17, 15) is 4.79 Å². The van der Waals surface area contributed by atoms with E-state index in [0.29, 0.717) is 16.9 Å². The predicted octanol–water partition coefficient (Wildman–Crippen LogP) is 3.21. The van der Waals surface area contributed by atoms with Crippen molar-refractivity contribution in [2.45, 2.75) is 13.8 Å². The van der Waals surface area contributed by atoms with Crippen molar-refractivity contribution in [3.8, 4) is 11.5 Å². The van der Waals surface area contributed by atoms with E-state index in [1.807, 2.05) is 19.1 Å². The summed E-state index contributed by atoms with van der Waals surface area (Å²) in [6, 6.07) is 12.0. The molecule has 0 aliphatic carbocycles. The topological polar surface area (TPSA) is 57.5 Å². The van der Waals surface area contributed by atoms with Crippen LogP contribution >= 0.6 is 0 Å². The number of hydrogen-bond acceptors (Lipinski definition) is 3. The second kappa shape index (κ2) is 6.45. The Hall–Kier alpha value is -2.29. The molecule has 0 aliphatic heterocycles. The third-order valence-electron chi connectivity index (χ3n) is 2.48. The molecular weight excluding hydrogens is 228 g/mol. The first kappa shape index (κ1) is 13.8. The molecule has 3 heteroatoms. The number of aryl methyl sites for hydroxylation is 1. The average Bonchev–Trinajstić information content (AvgIpc) is 2.33. The Morgan fingerprint density at radius 1 is 1.00 bits per heavy atom. The Bertz CT molecular complexity index is 516. The fraction of sp³-hybridized carbons (Fsp3) is 0.133. The van der Waals surface area contributed by atoms with Crippen molar-refractivity contribution in [3.05, 3.63) is 59.2 Å². The quantitative estimate of drug-likeness (QED) is 0.757. The molecule has 0 fully saturated rings. The van der Waals surface area contributed by atoms with Gasteiger partial charge in [-0.05, 0) is 37.6 Å². The Kier molecular flexibility index (Phi) is 4.93. The average molecular weight is 244 g/mol. The van der Waals surface area contributed by atoms with E-state index in [1.165, 1.54) is 0 Å². The summed E-state index contributed by atoms with van der Waals surface area (Å²) in [6.45, 7) is 3.65. The number of phenols is 2. The maximum absolute atomic E-state index is 10.3. The maximum Gasteiger partial charge on any atom is 0.150 e. The summed E-state index contributed by atoms with van der Waals surface area (Å²) in [5.41, 5.74) is 2.27. The highest BCUT2D eigenvalue weighted by Crippen LogP contribution is 2.17. The van der Waals surface area contributed by atoms with Crippen LogP contribution in [0.1, 0.15) is 21.5 Å². The smallest absolute Gasteiger partial charge is 0.150 e. The lowest BCUT2D eigenvalue weighted by atomic mass is 10.1. The third-order valence-corrected chi connectivity index (χ3v) is 2.48. The summed E-state index contributed by atoms with van der Waals surface area (Å²) in [7, 11) is 0. The standard InChI is InChI=1S/C8H8O2.C7H8O/c1-6-7(5-9)3-2-4-8(6)10;1-6-3-2-4-7(8)5-6/h2-5,10H,1H3;2-5,8H,1H3. The molecule has 2 N–H and O–H groups in total. The van der Waals surface area contributed by atoms with Gasteiger partial charge < -0.3 is 10.2 Å². The van der Waals surface area contributed by atoms with Crippen molar-refractivity contribution in [1.82, 2.24) is 0 Å². The first-order valence-electron chi connectivity index (χ1n) is 5.54. The minimum Gasteiger partial charge on any atom is -0.508 e. The number of aromatic hydroxyl groups is 2. The number of carbonyl (C=O) groups excluding carboxylic acids is 1. The molecule has 0 radical (unpaired) electrons. The molecule has 0 amide bonds. The van der Waals surface area contributed by atoms with Crippen LogP contribution in [0, 0.1) is 13.8 Å².